The zero-order valence-corrected chi connectivity index (χ0v) is 11.1. The van der Waals surface area contributed by atoms with E-state index in [4.69, 9.17) is 16.7 Å². The third kappa shape index (κ3) is 1.99. The van der Waals surface area contributed by atoms with E-state index in [2.05, 4.69) is 10.2 Å². The molecule has 2 aromatic heterocycles. The molecule has 0 saturated carbocycles. The van der Waals surface area contributed by atoms with Gasteiger partial charge in [0.05, 0.1) is 24.1 Å². The normalized spacial score (nSPS) is 10.9. The third-order valence-electron chi connectivity index (χ3n) is 2.91. The van der Waals surface area contributed by atoms with Crippen molar-refractivity contribution in [3.8, 4) is 0 Å². The van der Waals surface area contributed by atoms with Gasteiger partial charge >= 0.3 is 5.97 Å². The summed E-state index contributed by atoms with van der Waals surface area (Å²) >= 11 is 6.13. The van der Waals surface area contributed by atoms with Crippen LogP contribution in [0.5, 0.6) is 0 Å². The lowest BCUT2D eigenvalue weighted by Crippen LogP contribution is -2.06. The van der Waals surface area contributed by atoms with Gasteiger partial charge in [-0.05, 0) is 13.8 Å². The van der Waals surface area contributed by atoms with Crippen LogP contribution in [0.4, 0.5) is 0 Å². The van der Waals surface area contributed by atoms with Gasteiger partial charge in [0, 0.05) is 12.6 Å². The van der Waals surface area contributed by atoms with Crippen molar-refractivity contribution in [3.05, 3.63) is 33.9 Å². The first kappa shape index (κ1) is 12.6. The molecule has 2 heterocycles. The summed E-state index contributed by atoms with van der Waals surface area (Å²) in [7, 11) is 1.76. The highest BCUT2D eigenvalue weighted by Gasteiger charge is 2.16. The van der Waals surface area contributed by atoms with Crippen LogP contribution in [0.3, 0.4) is 0 Å². The summed E-state index contributed by atoms with van der Waals surface area (Å²) in [6.45, 7) is 3.99. The second kappa shape index (κ2) is 4.45. The van der Waals surface area contributed by atoms with E-state index in [0.29, 0.717) is 17.4 Å². The van der Waals surface area contributed by atoms with E-state index in [1.807, 2.05) is 6.92 Å². The van der Waals surface area contributed by atoms with Crippen molar-refractivity contribution in [2.24, 2.45) is 7.05 Å². The van der Waals surface area contributed by atoms with Crippen LogP contribution in [0.25, 0.3) is 0 Å². The van der Waals surface area contributed by atoms with Crippen molar-refractivity contribution in [1.82, 2.24) is 19.6 Å². The molecular weight excluding hydrogens is 256 g/mol. The molecule has 0 fully saturated rings. The third-order valence-corrected chi connectivity index (χ3v) is 3.38. The first-order chi connectivity index (χ1) is 8.41. The average Bonchev–Trinajstić information content (AvgIpc) is 2.76. The molecule has 96 valence electrons. The molecule has 7 heteroatoms. The topological polar surface area (TPSA) is 72.9 Å². The molecule has 0 atom stereocenters. The smallest absolute Gasteiger partial charge is 0.339 e. The number of hydrogen-bond donors (Lipinski definition) is 1. The van der Waals surface area contributed by atoms with E-state index < -0.39 is 5.97 Å². The largest absolute Gasteiger partial charge is 0.478 e. The fourth-order valence-corrected chi connectivity index (χ4v) is 2.05. The Morgan fingerprint density at radius 1 is 1.50 bits per heavy atom. The van der Waals surface area contributed by atoms with Gasteiger partial charge in [-0.2, -0.15) is 10.2 Å². The number of carbonyl (C=O) groups is 1. The van der Waals surface area contributed by atoms with Crippen LogP contribution in [0.15, 0.2) is 6.20 Å². The van der Waals surface area contributed by atoms with E-state index in [9.17, 15) is 4.79 Å². The molecule has 0 amide bonds. The number of rotatable bonds is 3. The summed E-state index contributed by atoms with van der Waals surface area (Å²) in [5.41, 5.74) is 2.46. The summed E-state index contributed by atoms with van der Waals surface area (Å²) in [6, 6.07) is 0. The van der Waals surface area contributed by atoms with Crippen molar-refractivity contribution in [3.63, 3.8) is 0 Å². The van der Waals surface area contributed by atoms with Crippen LogP contribution < -0.4 is 0 Å². The summed E-state index contributed by atoms with van der Waals surface area (Å²) < 4.78 is 3.20. The summed E-state index contributed by atoms with van der Waals surface area (Å²) in [6.07, 6.45) is 1.34. The number of aromatic carboxylic acids is 1. The Hall–Kier alpha value is -1.82. The molecule has 0 aliphatic carbocycles. The predicted molar refractivity (Wildman–Crippen MR) is 66.0 cm³/mol. The first-order valence-corrected chi connectivity index (χ1v) is 5.73. The standard InChI is InChI=1S/C11H13ClN4O2/c1-6-9(10(12)15(3)14-6)5-16-7(2)8(4-13-16)11(17)18/h4H,5H2,1-3H3,(H,17,18). The van der Waals surface area contributed by atoms with Gasteiger partial charge in [-0.1, -0.05) is 11.6 Å². The Bertz CT molecular complexity index is 615. The fourth-order valence-electron chi connectivity index (χ4n) is 1.82. The highest BCUT2D eigenvalue weighted by Crippen LogP contribution is 2.20. The summed E-state index contributed by atoms with van der Waals surface area (Å²) in [4.78, 5) is 10.9. The molecule has 0 radical (unpaired) electrons. The van der Waals surface area contributed by atoms with Crippen molar-refractivity contribution in [2.45, 2.75) is 20.4 Å². The molecule has 6 nitrogen and oxygen atoms in total. The van der Waals surface area contributed by atoms with Crippen LogP contribution in [0.2, 0.25) is 5.15 Å². The molecule has 0 unspecified atom stereocenters. The molecule has 0 aliphatic heterocycles. The fraction of sp³-hybridized carbons (Fsp3) is 0.364. The monoisotopic (exact) mass is 268 g/mol. The van der Waals surface area contributed by atoms with Crippen LogP contribution >= 0.6 is 11.6 Å². The summed E-state index contributed by atoms with van der Waals surface area (Å²) in [5.74, 6) is -0.979. The lowest BCUT2D eigenvalue weighted by molar-refractivity contribution is 0.0696. The Morgan fingerprint density at radius 2 is 2.17 bits per heavy atom. The van der Waals surface area contributed by atoms with Crippen LogP contribution in [0.1, 0.15) is 27.3 Å². The molecule has 0 aromatic carbocycles. The number of nitrogens with zero attached hydrogens (tertiary/aromatic N) is 4. The van der Waals surface area contributed by atoms with Crippen molar-refractivity contribution in [1.29, 1.82) is 0 Å². The maximum absolute atomic E-state index is 10.9. The highest BCUT2D eigenvalue weighted by molar-refractivity contribution is 6.30. The molecule has 2 aromatic rings. The van der Waals surface area contributed by atoms with Crippen LogP contribution in [0, 0.1) is 13.8 Å². The zero-order chi connectivity index (χ0) is 13.4. The zero-order valence-electron chi connectivity index (χ0n) is 10.3. The Morgan fingerprint density at radius 3 is 2.61 bits per heavy atom. The van der Waals surface area contributed by atoms with Gasteiger partial charge in [-0.25, -0.2) is 4.79 Å². The second-order valence-electron chi connectivity index (χ2n) is 4.08. The minimum Gasteiger partial charge on any atom is -0.478 e. The molecule has 1 N–H and O–H groups in total. The predicted octanol–water partition coefficient (Wildman–Crippen LogP) is 1.63. The van der Waals surface area contributed by atoms with Gasteiger partial charge in [0.15, 0.2) is 0 Å². The Balaban J connectivity index is 2.38. The number of carboxylic acid groups (broad SMARTS) is 1. The molecule has 2 rings (SSSR count). The number of aromatic nitrogens is 4. The number of halogens is 1. The molecule has 0 bridgehead atoms. The lowest BCUT2D eigenvalue weighted by atomic mass is 10.2. The van der Waals surface area contributed by atoms with Gasteiger partial charge in [-0.15, -0.1) is 0 Å². The molecule has 0 aliphatic rings. The van der Waals surface area contributed by atoms with Gasteiger partial charge in [-0.3, -0.25) is 9.36 Å². The van der Waals surface area contributed by atoms with Crippen LogP contribution in [-0.4, -0.2) is 30.6 Å². The van der Waals surface area contributed by atoms with E-state index in [-0.39, 0.29) is 5.56 Å². The Labute approximate surface area is 109 Å². The molecule has 18 heavy (non-hydrogen) atoms. The summed E-state index contributed by atoms with van der Waals surface area (Å²) in [5, 5.41) is 17.8. The first-order valence-electron chi connectivity index (χ1n) is 5.35. The Kier molecular flexibility index (Phi) is 3.13. The van der Waals surface area contributed by atoms with Gasteiger partial charge in [0.2, 0.25) is 0 Å². The van der Waals surface area contributed by atoms with Crippen LogP contribution in [-0.2, 0) is 13.6 Å². The molecule has 0 saturated heterocycles. The maximum atomic E-state index is 10.9. The van der Waals surface area contributed by atoms with E-state index in [0.717, 1.165) is 11.3 Å². The minimum atomic E-state index is -0.979. The quantitative estimate of drug-likeness (QED) is 0.918. The lowest BCUT2D eigenvalue weighted by Gasteiger charge is -2.04. The number of aryl methyl sites for hydroxylation is 2. The van der Waals surface area contributed by atoms with E-state index in [1.165, 1.54) is 6.20 Å². The second-order valence-corrected chi connectivity index (χ2v) is 4.44. The highest BCUT2D eigenvalue weighted by atomic mass is 35.5. The van der Waals surface area contributed by atoms with Crippen molar-refractivity contribution < 1.29 is 9.90 Å². The minimum absolute atomic E-state index is 0.202. The molecule has 0 spiro atoms. The van der Waals surface area contributed by atoms with Gasteiger partial charge in [0.25, 0.3) is 0 Å². The molecular formula is C11H13ClN4O2. The SMILES string of the molecule is Cc1nn(C)c(Cl)c1Cn1ncc(C(=O)O)c1C. The van der Waals surface area contributed by atoms with Gasteiger partial charge in [0.1, 0.15) is 10.7 Å². The van der Waals surface area contributed by atoms with Gasteiger partial charge < -0.3 is 5.11 Å². The van der Waals surface area contributed by atoms with Crippen molar-refractivity contribution >= 4 is 17.6 Å². The number of carboxylic acids is 1. The average molecular weight is 269 g/mol. The van der Waals surface area contributed by atoms with E-state index >= 15 is 0 Å². The maximum Gasteiger partial charge on any atom is 0.339 e. The van der Waals surface area contributed by atoms with Crippen molar-refractivity contribution in [2.75, 3.05) is 0 Å². The van der Waals surface area contributed by atoms with E-state index in [1.54, 1.807) is 23.3 Å². The number of hydrogen-bond acceptors (Lipinski definition) is 3.